The second-order valence-corrected chi connectivity index (χ2v) is 9.70. The summed E-state index contributed by atoms with van der Waals surface area (Å²) in [5, 5.41) is 14.3. The molecule has 0 unspecified atom stereocenters. The Hall–Kier alpha value is -3.81. The van der Waals surface area contributed by atoms with Crippen LogP contribution in [0.5, 0.6) is 0 Å². The summed E-state index contributed by atoms with van der Waals surface area (Å²) in [6.07, 6.45) is 9.70. The van der Waals surface area contributed by atoms with Crippen LogP contribution >= 0.6 is 0 Å². The van der Waals surface area contributed by atoms with E-state index >= 15 is 0 Å². The van der Waals surface area contributed by atoms with Crippen LogP contribution in [-0.2, 0) is 13.0 Å². The molecule has 186 valence electrons. The molecular weight excluding hydrogens is 452 g/mol. The third-order valence-electron chi connectivity index (χ3n) is 7.16. The van der Waals surface area contributed by atoms with E-state index < -0.39 is 0 Å². The van der Waals surface area contributed by atoms with Crippen LogP contribution in [0.25, 0.3) is 22.5 Å². The topological polar surface area (TPSA) is 98.5 Å². The highest BCUT2D eigenvalue weighted by atomic mass is 16.2. The molecule has 8 nitrogen and oxygen atoms in total. The van der Waals surface area contributed by atoms with Crippen molar-refractivity contribution in [2.75, 3.05) is 0 Å². The van der Waals surface area contributed by atoms with Crippen molar-refractivity contribution in [3.8, 4) is 22.5 Å². The van der Waals surface area contributed by atoms with Crippen LogP contribution in [0.3, 0.4) is 0 Å². The number of imidazole rings is 1. The first-order valence-corrected chi connectivity index (χ1v) is 12.9. The summed E-state index contributed by atoms with van der Waals surface area (Å²) in [4.78, 5) is 26.3. The molecule has 2 heterocycles. The Morgan fingerprint density at radius 1 is 1.03 bits per heavy atom. The van der Waals surface area contributed by atoms with Crippen molar-refractivity contribution in [1.29, 1.82) is 0 Å². The first-order valence-electron chi connectivity index (χ1n) is 12.9. The summed E-state index contributed by atoms with van der Waals surface area (Å²) in [6, 6.07) is 16.1. The van der Waals surface area contributed by atoms with Gasteiger partial charge in [0.2, 0.25) is 5.91 Å². The van der Waals surface area contributed by atoms with Gasteiger partial charge in [0.15, 0.2) is 5.82 Å². The highest BCUT2D eigenvalue weighted by Gasteiger charge is 2.21. The normalized spacial score (nSPS) is 14.2. The molecule has 1 fully saturated rings. The number of benzene rings is 2. The molecule has 0 spiro atoms. The lowest BCUT2D eigenvalue weighted by atomic mass is 9.87. The van der Waals surface area contributed by atoms with Crippen LogP contribution in [-0.4, -0.2) is 35.7 Å². The molecule has 8 heteroatoms. The lowest BCUT2D eigenvalue weighted by Crippen LogP contribution is -2.30. The Labute approximate surface area is 210 Å². The summed E-state index contributed by atoms with van der Waals surface area (Å²) in [5.41, 5.74) is 4.66. The minimum Gasteiger partial charge on any atom is -0.292 e. The molecule has 4 aromatic rings. The van der Waals surface area contributed by atoms with Gasteiger partial charge >= 0.3 is 5.69 Å². The lowest BCUT2D eigenvalue weighted by Gasteiger charge is -2.20. The summed E-state index contributed by atoms with van der Waals surface area (Å²) in [5.74, 6) is 0.945. The number of carbonyl (C=O) groups excluding carboxylic acids is 1. The van der Waals surface area contributed by atoms with Crippen molar-refractivity contribution >= 4 is 5.91 Å². The van der Waals surface area contributed by atoms with Crippen LogP contribution in [0.2, 0.25) is 0 Å². The summed E-state index contributed by atoms with van der Waals surface area (Å²) < 4.78 is 3.11. The van der Waals surface area contributed by atoms with Gasteiger partial charge in [-0.15, -0.1) is 5.10 Å². The Kier molecular flexibility index (Phi) is 7.21. The van der Waals surface area contributed by atoms with Crippen molar-refractivity contribution < 1.29 is 4.79 Å². The summed E-state index contributed by atoms with van der Waals surface area (Å²) in [7, 11) is 0. The van der Waals surface area contributed by atoms with E-state index in [1.807, 2.05) is 48.5 Å². The molecule has 2 aromatic carbocycles. The lowest BCUT2D eigenvalue weighted by molar-refractivity contribution is 0.0863. The molecule has 2 aromatic heterocycles. The van der Waals surface area contributed by atoms with E-state index in [0.717, 1.165) is 53.6 Å². The predicted molar refractivity (Wildman–Crippen MR) is 139 cm³/mol. The van der Waals surface area contributed by atoms with Gasteiger partial charge in [0, 0.05) is 23.9 Å². The summed E-state index contributed by atoms with van der Waals surface area (Å²) in [6.45, 7) is 2.53. The molecular formula is C28H32N6O2. The molecule has 0 radical (unpaired) electrons. The van der Waals surface area contributed by atoms with Gasteiger partial charge in [0.25, 0.3) is 0 Å². The van der Waals surface area contributed by atoms with E-state index in [2.05, 4.69) is 27.5 Å². The third-order valence-corrected chi connectivity index (χ3v) is 7.16. The maximum atomic E-state index is 13.3. The number of hydrogen-bond donors (Lipinski definition) is 1. The Bertz CT molecular complexity index is 1360. The number of aryl methyl sites for hydroxylation is 1. The van der Waals surface area contributed by atoms with Crippen LogP contribution in [0.4, 0.5) is 0 Å². The number of nitrogens with one attached hydrogen (secondary N) is 1. The van der Waals surface area contributed by atoms with Gasteiger partial charge in [-0.25, -0.2) is 14.5 Å². The number of aromatic amines is 1. The largest absolute Gasteiger partial charge is 0.335 e. The van der Waals surface area contributed by atoms with Gasteiger partial charge < -0.3 is 0 Å². The van der Waals surface area contributed by atoms with Crippen LogP contribution in [0.1, 0.15) is 67.9 Å². The van der Waals surface area contributed by atoms with Crippen molar-refractivity contribution in [2.45, 2.75) is 64.8 Å². The van der Waals surface area contributed by atoms with Gasteiger partial charge in [0.1, 0.15) is 0 Å². The van der Waals surface area contributed by atoms with Gasteiger partial charge in [0.05, 0.1) is 6.54 Å². The smallest absolute Gasteiger partial charge is 0.292 e. The Morgan fingerprint density at radius 2 is 1.78 bits per heavy atom. The predicted octanol–water partition coefficient (Wildman–Crippen LogP) is 5.11. The Morgan fingerprint density at radius 3 is 2.47 bits per heavy atom. The minimum atomic E-state index is -0.230. The fraction of sp³-hybridized carbons (Fsp3) is 0.393. The van der Waals surface area contributed by atoms with Crippen molar-refractivity contribution in [1.82, 2.24) is 29.8 Å². The van der Waals surface area contributed by atoms with Gasteiger partial charge in [-0.3, -0.25) is 9.36 Å². The average Bonchev–Trinajstić information content (AvgIpc) is 3.55. The quantitative estimate of drug-likeness (QED) is 0.375. The van der Waals surface area contributed by atoms with E-state index in [1.165, 1.54) is 23.8 Å². The molecule has 1 aliphatic carbocycles. The first kappa shape index (κ1) is 23.9. The molecule has 0 aliphatic heterocycles. The number of H-pyrrole nitrogens is 1. The highest BCUT2D eigenvalue weighted by molar-refractivity contribution is 5.80. The zero-order chi connectivity index (χ0) is 24.9. The second-order valence-electron chi connectivity index (χ2n) is 9.70. The van der Waals surface area contributed by atoms with E-state index in [-0.39, 0.29) is 11.6 Å². The first-order chi connectivity index (χ1) is 17.6. The highest BCUT2D eigenvalue weighted by Crippen LogP contribution is 2.30. The number of rotatable bonds is 8. The average molecular weight is 485 g/mol. The third kappa shape index (κ3) is 5.08. The van der Waals surface area contributed by atoms with Crippen LogP contribution in [0, 0.1) is 5.92 Å². The maximum absolute atomic E-state index is 13.3. The number of hydrogen-bond acceptors (Lipinski definition) is 5. The zero-order valence-corrected chi connectivity index (χ0v) is 20.7. The standard InChI is InChI=1S/C28H32N6O2/c1-2-8-23-19-34(26(35)17-20-9-4-3-5-10-20)28(36)33(23)18-21-13-15-22(16-14-21)24-11-6-7-12-25(24)27-29-31-32-30-27/h6-7,11-16,19-20H,2-5,8-10,17-18H2,1H3,(H,29,30,31,32). The van der Waals surface area contributed by atoms with E-state index in [9.17, 15) is 9.59 Å². The molecule has 1 N–H and O–H groups in total. The molecule has 1 aliphatic rings. The Balaban J connectivity index is 1.38. The number of tetrazole rings is 1. The SMILES string of the molecule is CCCc1cn(C(=O)CC2CCCCC2)c(=O)n1Cc1ccc(-c2ccccc2-c2nnn[nH]2)cc1. The van der Waals surface area contributed by atoms with Gasteiger partial charge in [-0.2, -0.15) is 0 Å². The number of nitrogens with zero attached hydrogens (tertiary/aromatic N) is 5. The number of aromatic nitrogens is 6. The number of carbonyl (C=O) groups is 1. The molecule has 36 heavy (non-hydrogen) atoms. The van der Waals surface area contributed by atoms with E-state index in [4.69, 9.17) is 0 Å². The van der Waals surface area contributed by atoms with Gasteiger partial charge in [-0.1, -0.05) is 81.1 Å². The van der Waals surface area contributed by atoms with Crippen molar-refractivity contribution in [2.24, 2.45) is 5.92 Å². The molecule has 0 amide bonds. The molecule has 0 atom stereocenters. The fourth-order valence-electron chi connectivity index (χ4n) is 5.25. The van der Waals surface area contributed by atoms with Crippen molar-refractivity contribution in [3.63, 3.8) is 0 Å². The minimum absolute atomic E-state index is 0.0723. The van der Waals surface area contributed by atoms with Crippen molar-refractivity contribution in [3.05, 3.63) is 76.5 Å². The monoisotopic (exact) mass is 484 g/mol. The van der Waals surface area contributed by atoms with Gasteiger partial charge in [-0.05, 0) is 52.3 Å². The van der Waals surface area contributed by atoms with Crippen LogP contribution in [0.15, 0.2) is 59.5 Å². The zero-order valence-electron chi connectivity index (χ0n) is 20.7. The molecule has 0 bridgehead atoms. The molecule has 1 saturated carbocycles. The molecule has 0 saturated heterocycles. The maximum Gasteiger partial charge on any atom is 0.335 e. The summed E-state index contributed by atoms with van der Waals surface area (Å²) >= 11 is 0. The van der Waals surface area contributed by atoms with E-state index in [1.54, 1.807) is 10.8 Å². The fourth-order valence-corrected chi connectivity index (χ4v) is 5.25. The second kappa shape index (κ2) is 10.8. The van der Waals surface area contributed by atoms with E-state index in [0.29, 0.717) is 24.7 Å². The molecule has 5 rings (SSSR count). The van der Waals surface area contributed by atoms with Crippen LogP contribution < -0.4 is 5.69 Å².